The quantitative estimate of drug-likeness (QED) is 0.334. The van der Waals surface area contributed by atoms with Crippen LogP contribution in [0.25, 0.3) is 0 Å². The molecule has 5 aliphatic carbocycles. The summed E-state index contributed by atoms with van der Waals surface area (Å²) in [5, 5.41) is 10.9. The lowest BCUT2D eigenvalue weighted by Gasteiger charge is -2.72. The normalized spacial score (nSPS) is 60.8. The van der Waals surface area contributed by atoms with Crippen LogP contribution < -0.4 is 0 Å². The summed E-state index contributed by atoms with van der Waals surface area (Å²) in [6.07, 6.45) is 13.4. The molecule has 0 amide bonds. The maximum absolute atomic E-state index is 13.6. The van der Waals surface area contributed by atoms with Crippen molar-refractivity contribution in [3.63, 3.8) is 0 Å². The number of esters is 1. The van der Waals surface area contributed by atoms with Crippen LogP contribution in [0.1, 0.15) is 99.8 Å². The van der Waals surface area contributed by atoms with Gasteiger partial charge in [-0.3, -0.25) is 4.79 Å². The van der Waals surface area contributed by atoms with Crippen LogP contribution >= 0.6 is 0 Å². The smallest absolute Gasteiger partial charge is 0.313 e. The molecule has 1 spiro atoms. The molecule has 2 bridgehead atoms. The van der Waals surface area contributed by atoms with E-state index in [4.69, 9.17) is 4.74 Å². The highest BCUT2D eigenvalue weighted by molar-refractivity contribution is 5.82. The van der Waals surface area contributed by atoms with Gasteiger partial charge in [0, 0.05) is 11.3 Å². The number of hydrogen-bond donors (Lipinski definition) is 1. The highest BCUT2D eigenvalue weighted by Crippen LogP contribution is 2.79. The second-order valence-corrected chi connectivity index (χ2v) is 14.8. The fourth-order valence-corrected chi connectivity index (χ4v) is 11.4. The number of hydrogen-bond acceptors (Lipinski definition) is 3. The van der Waals surface area contributed by atoms with Gasteiger partial charge in [0.2, 0.25) is 0 Å². The highest BCUT2D eigenvalue weighted by Gasteiger charge is 2.80. The lowest BCUT2D eigenvalue weighted by Crippen LogP contribution is -2.71. The van der Waals surface area contributed by atoms with Gasteiger partial charge in [-0.1, -0.05) is 54.5 Å². The van der Waals surface area contributed by atoms with Crippen LogP contribution in [0.2, 0.25) is 0 Å². The number of fused-ring (bicyclic) bond motifs is 4. The second-order valence-electron chi connectivity index (χ2n) is 14.8. The topological polar surface area (TPSA) is 46.5 Å². The number of aliphatic hydroxyl groups is 1. The number of rotatable bonds is 0. The van der Waals surface area contributed by atoms with Crippen LogP contribution in [0.4, 0.5) is 0 Å². The largest absolute Gasteiger partial charge is 0.453 e. The zero-order valence-corrected chi connectivity index (χ0v) is 22.0. The molecule has 1 aliphatic heterocycles. The van der Waals surface area contributed by atoms with Gasteiger partial charge in [0.25, 0.3) is 0 Å². The Bertz CT molecular complexity index is 922. The molecule has 33 heavy (non-hydrogen) atoms. The number of ether oxygens (including phenoxy) is 1. The minimum Gasteiger partial charge on any atom is -0.453 e. The Kier molecular flexibility index (Phi) is 4.31. The molecule has 1 N–H and O–H groups in total. The van der Waals surface area contributed by atoms with E-state index in [1.165, 1.54) is 6.42 Å². The van der Waals surface area contributed by atoms with Crippen molar-refractivity contribution in [2.24, 2.45) is 56.7 Å². The summed E-state index contributed by atoms with van der Waals surface area (Å²) in [4.78, 5) is 13.6. The number of carbonyl (C=O) groups excluding carboxylic acids is 1. The highest BCUT2D eigenvalue weighted by atomic mass is 16.6. The van der Waals surface area contributed by atoms with Gasteiger partial charge in [0.1, 0.15) is 5.60 Å². The van der Waals surface area contributed by atoms with Crippen molar-refractivity contribution >= 4 is 5.97 Å². The van der Waals surface area contributed by atoms with E-state index in [0.717, 1.165) is 44.9 Å². The molecule has 1 saturated heterocycles. The summed E-state index contributed by atoms with van der Waals surface area (Å²) in [6, 6.07) is 0. The minimum absolute atomic E-state index is 0.0424. The summed E-state index contributed by atoms with van der Waals surface area (Å²) in [5.74, 6) is 2.56. The van der Waals surface area contributed by atoms with Gasteiger partial charge in [-0.2, -0.15) is 0 Å². The third-order valence-corrected chi connectivity index (χ3v) is 13.8. The zero-order valence-electron chi connectivity index (χ0n) is 22.0. The zero-order chi connectivity index (χ0) is 23.8. The molecular formula is C30H46O3. The van der Waals surface area contributed by atoms with Crippen molar-refractivity contribution < 1.29 is 14.6 Å². The van der Waals surface area contributed by atoms with Gasteiger partial charge in [0.15, 0.2) is 0 Å². The van der Waals surface area contributed by atoms with E-state index in [1.807, 2.05) is 0 Å². The van der Waals surface area contributed by atoms with E-state index in [0.29, 0.717) is 29.6 Å². The summed E-state index contributed by atoms with van der Waals surface area (Å²) in [5.41, 5.74) is -0.514. The Morgan fingerprint density at radius 2 is 1.67 bits per heavy atom. The number of carbonyl (C=O) groups is 1. The van der Waals surface area contributed by atoms with Crippen molar-refractivity contribution in [2.75, 3.05) is 0 Å². The molecule has 0 radical (unpaired) electrons. The lowest BCUT2D eigenvalue weighted by molar-refractivity contribution is -0.245. The van der Waals surface area contributed by atoms with Crippen molar-refractivity contribution in [1.82, 2.24) is 0 Å². The molecule has 5 fully saturated rings. The molecular weight excluding hydrogens is 408 g/mol. The van der Waals surface area contributed by atoms with Crippen LogP contribution in [0.5, 0.6) is 0 Å². The second kappa shape index (κ2) is 6.29. The SMILES string of the molecule is C[C@@H]1[C@@H](C)CC[C@]23CC[C@@]4(C)[C@]5(C)CC[C@H]6C(C)(C)[C@@H](O)CC[C@]6(C)[C@H]5C=C[C@@]4(OC2=O)[C@@H]13. The Morgan fingerprint density at radius 3 is 2.39 bits per heavy atom. The van der Waals surface area contributed by atoms with Gasteiger partial charge in [-0.25, -0.2) is 0 Å². The Labute approximate surface area is 201 Å². The van der Waals surface area contributed by atoms with Crippen molar-refractivity contribution in [3.8, 4) is 0 Å². The monoisotopic (exact) mass is 454 g/mol. The first-order chi connectivity index (χ1) is 15.3. The molecule has 3 heteroatoms. The predicted molar refractivity (Wildman–Crippen MR) is 130 cm³/mol. The Balaban J connectivity index is 1.52. The molecule has 0 unspecified atom stereocenters. The maximum Gasteiger partial charge on any atom is 0.313 e. The first-order valence-electron chi connectivity index (χ1n) is 13.9. The van der Waals surface area contributed by atoms with E-state index >= 15 is 0 Å². The van der Waals surface area contributed by atoms with E-state index < -0.39 is 5.60 Å². The van der Waals surface area contributed by atoms with Gasteiger partial charge in [-0.15, -0.1) is 0 Å². The van der Waals surface area contributed by atoms with Gasteiger partial charge >= 0.3 is 5.97 Å². The Morgan fingerprint density at radius 1 is 0.939 bits per heavy atom. The minimum atomic E-state index is -0.450. The fraction of sp³-hybridized carbons (Fsp3) is 0.900. The van der Waals surface area contributed by atoms with Crippen LogP contribution in [0, 0.1) is 56.7 Å². The summed E-state index contributed by atoms with van der Waals surface area (Å²) in [7, 11) is 0. The Hall–Kier alpha value is -0.830. The van der Waals surface area contributed by atoms with E-state index in [2.05, 4.69) is 60.6 Å². The summed E-state index contributed by atoms with van der Waals surface area (Å²) in [6.45, 7) is 17.0. The van der Waals surface area contributed by atoms with Crippen molar-refractivity contribution in [3.05, 3.63) is 12.2 Å². The lowest BCUT2D eigenvalue weighted by atomic mass is 9.32. The van der Waals surface area contributed by atoms with Crippen LogP contribution in [0.15, 0.2) is 12.2 Å². The predicted octanol–water partition coefficient (Wildman–Crippen LogP) is 6.54. The van der Waals surface area contributed by atoms with E-state index in [1.54, 1.807) is 0 Å². The van der Waals surface area contributed by atoms with Gasteiger partial charge in [0.05, 0.1) is 11.5 Å². The molecule has 4 saturated carbocycles. The molecule has 6 rings (SSSR count). The van der Waals surface area contributed by atoms with E-state index in [-0.39, 0.29) is 39.1 Å². The van der Waals surface area contributed by atoms with Crippen LogP contribution in [-0.4, -0.2) is 22.8 Å². The van der Waals surface area contributed by atoms with E-state index in [9.17, 15) is 9.90 Å². The van der Waals surface area contributed by atoms with Gasteiger partial charge < -0.3 is 9.84 Å². The standard InChI is InChI=1S/C30H46O3/c1-18-8-14-29-17-16-28(7)27(6)13-9-20-25(3,4)22(31)11-12-26(20,5)21(27)10-15-30(28,33-24(29)32)23(29)19(18)2/h10,15,18-23,31H,8-9,11-14,16-17H2,1-7H3/t18-,19+,20-,21+,22-,23-,26-,27+,28-,29+,30+/m0/s1. The molecule has 6 aliphatic rings. The third kappa shape index (κ3) is 2.23. The molecule has 0 aromatic heterocycles. The molecule has 3 nitrogen and oxygen atoms in total. The first-order valence-corrected chi connectivity index (χ1v) is 13.9. The molecule has 184 valence electrons. The van der Waals surface area contributed by atoms with Gasteiger partial charge in [-0.05, 0) is 97.4 Å². The maximum atomic E-state index is 13.6. The molecule has 0 aromatic rings. The summed E-state index contributed by atoms with van der Waals surface area (Å²) < 4.78 is 6.71. The molecule has 11 atom stereocenters. The number of aliphatic hydroxyl groups excluding tert-OH is 1. The van der Waals surface area contributed by atoms with Crippen LogP contribution in [0.3, 0.4) is 0 Å². The van der Waals surface area contributed by atoms with Crippen molar-refractivity contribution in [1.29, 1.82) is 0 Å². The molecule has 0 aromatic carbocycles. The molecule has 1 heterocycles. The average Bonchev–Trinajstić information content (AvgIpc) is 2.95. The van der Waals surface area contributed by atoms with Crippen LogP contribution in [-0.2, 0) is 9.53 Å². The average molecular weight is 455 g/mol. The third-order valence-electron chi connectivity index (χ3n) is 13.8. The first kappa shape index (κ1) is 22.6. The fourth-order valence-electron chi connectivity index (χ4n) is 11.4. The number of allylic oxidation sites excluding steroid dienone is 1. The summed E-state index contributed by atoms with van der Waals surface area (Å²) >= 11 is 0. The van der Waals surface area contributed by atoms with Crippen molar-refractivity contribution in [2.45, 2.75) is 112 Å².